The van der Waals surface area contributed by atoms with E-state index in [2.05, 4.69) is 57.2 Å². The molecular weight excluding hydrogens is 220 g/mol. The SMILES string of the molecule is CCCOc1cc(-c2ccccc2)c(C)cc1C. The van der Waals surface area contributed by atoms with E-state index in [0.717, 1.165) is 18.8 Å². The highest BCUT2D eigenvalue weighted by molar-refractivity contribution is 5.69. The summed E-state index contributed by atoms with van der Waals surface area (Å²) in [6.45, 7) is 7.16. The Bertz CT molecular complexity index is 515. The Morgan fingerprint density at radius 3 is 2.33 bits per heavy atom. The first-order valence-corrected chi connectivity index (χ1v) is 6.52. The van der Waals surface area contributed by atoms with Crippen LogP contribution in [-0.4, -0.2) is 6.61 Å². The Morgan fingerprint density at radius 2 is 1.67 bits per heavy atom. The molecule has 0 aliphatic carbocycles. The molecule has 0 aromatic heterocycles. The number of hydrogen-bond acceptors (Lipinski definition) is 1. The highest BCUT2D eigenvalue weighted by Gasteiger charge is 2.07. The van der Waals surface area contributed by atoms with Crippen LogP contribution >= 0.6 is 0 Å². The van der Waals surface area contributed by atoms with Crippen molar-refractivity contribution in [2.75, 3.05) is 6.61 Å². The first-order valence-electron chi connectivity index (χ1n) is 6.52. The van der Waals surface area contributed by atoms with E-state index in [0.29, 0.717) is 0 Å². The molecule has 0 aliphatic rings. The van der Waals surface area contributed by atoms with Crippen molar-refractivity contribution >= 4 is 0 Å². The fourth-order valence-electron chi connectivity index (χ4n) is 2.13. The highest BCUT2D eigenvalue weighted by atomic mass is 16.5. The second-order valence-corrected chi connectivity index (χ2v) is 4.65. The van der Waals surface area contributed by atoms with Crippen molar-refractivity contribution in [3.8, 4) is 16.9 Å². The normalized spacial score (nSPS) is 10.4. The summed E-state index contributed by atoms with van der Waals surface area (Å²) in [5.74, 6) is 1.00. The molecule has 0 spiro atoms. The van der Waals surface area contributed by atoms with E-state index in [4.69, 9.17) is 4.74 Å². The lowest BCUT2D eigenvalue weighted by Crippen LogP contribution is -1.98. The third-order valence-corrected chi connectivity index (χ3v) is 3.07. The first kappa shape index (κ1) is 12.7. The van der Waals surface area contributed by atoms with Gasteiger partial charge in [-0.25, -0.2) is 0 Å². The van der Waals surface area contributed by atoms with E-state index >= 15 is 0 Å². The number of aryl methyl sites for hydroxylation is 2. The second kappa shape index (κ2) is 5.72. The molecule has 1 heteroatoms. The third kappa shape index (κ3) is 2.73. The molecule has 1 nitrogen and oxygen atoms in total. The lowest BCUT2D eigenvalue weighted by molar-refractivity contribution is 0.315. The Balaban J connectivity index is 2.42. The quantitative estimate of drug-likeness (QED) is 0.748. The van der Waals surface area contributed by atoms with E-state index in [1.54, 1.807) is 0 Å². The molecule has 2 aromatic rings. The van der Waals surface area contributed by atoms with Gasteiger partial charge in [0.2, 0.25) is 0 Å². The molecule has 94 valence electrons. The smallest absolute Gasteiger partial charge is 0.122 e. The van der Waals surface area contributed by atoms with Crippen LogP contribution in [0.15, 0.2) is 42.5 Å². The molecule has 2 rings (SSSR count). The van der Waals surface area contributed by atoms with E-state index in [-0.39, 0.29) is 0 Å². The van der Waals surface area contributed by atoms with E-state index < -0.39 is 0 Å². The zero-order valence-electron chi connectivity index (χ0n) is 11.4. The van der Waals surface area contributed by atoms with Crippen LogP contribution in [0.4, 0.5) is 0 Å². The molecule has 0 fully saturated rings. The molecule has 18 heavy (non-hydrogen) atoms. The minimum Gasteiger partial charge on any atom is -0.493 e. The number of rotatable bonds is 4. The van der Waals surface area contributed by atoms with E-state index in [9.17, 15) is 0 Å². The van der Waals surface area contributed by atoms with Crippen molar-refractivity contribution in [3.05, 3.63) is 53.6 Å². The number of benzene rings is 2. The summed E-state index contributed by atoms with van der Waals surface area (Å²) in [5, 5.41) is 0. The van der Waals surface area contributed by atoms with Crippen LogP contribution in [0.5, 0.6) is 5.75 Å². The van der Waals surface area contributed by atoms with Gasteiger partial charge in [0.25, 0.3) is 0 Å². The third-order valence-electron chi connectivity index (χ3n) is 3.07. The van der Waals surface area contributed by atoms with Crippen molar-refractivity contribution in [2.45, 2.75) is 27.2 Å². The molecule has 0 bridgehead atoms. The van der Waals surface area contributed by atoms with Gasteiger partial charge in [-0.2, -0.15) is 0 Å². The minimum absolute atomic E-state index is 0.776. The van der Waals surface area contributed by atoms with Crippen molar-refractivity contribution in [2.24, 2.45) is 0 Å². The molecule has 0 aliphatic heterocycles. The average Bonchev–Trinajstić information content (AvgIpc) is 2.39. The maximum absolute atomic E-state index is 5.80. The molecule has 0 N–H and O–H groups in total. The predicted octanol–water partition coefficient (Wildman–Crippen LogP) is 4.76. The summed E-state index contributed by atoms with van der Waals surface area (Å²) in [6.07, 6.45) is 1.04. The van der Waals surface area contributed by atoms with Gasteiger partial charge in [0.15, 0.2) is 0 Å². The average molecular weight is 240 g/mol. The molecule has 0 saturated heterocycles. The predicted molar refractivity (Wildman–Crippen MR) is 77.1 cm³/mol. The Morgan fingerprint density at radius 1 is 0.944 bits per heavy atom. The summed E-state index contributed by atoms with van der Waals surface area (Å²) in [6, 6.07) is 14.8. The summed E-state index contributed by atoms with van der Waals surface area (Å²) in [4.78, 5) is 0. The topological polar surface area (TPSA) is 9.23 Å². The lowest BCUT2D eigenvalue weighted by atomic mass is 9.98. The van der Waals surface area contributed by atoms with Crippen LogP contribution in [0.3, 0.4) is 0 Å². The zero-order valence-corrected chi connectivity index (χ0v) is 11.4. The standard InChI is InChI=1S/C17H20O/c1-4-10-18-17-12-16(13(2)11-14(17)3)15-8-6-5-7-9-15/h5-9,11-12H,4,10H2,1-3H3. The van der Waals surface area contributed by atoms with Crippen molar-refractivity contribution in [3.63, 3.8) is 0 Å². The lowest BCUT2D eigenvalue weighted by Gasteiger charge is -2.13. The van der Waals surface area contributed by atoms with Gasteiger partial charge in [-0.1, -0.05) is 43.3 Å². The Labute approximate surface area is 109 Å². The largest absolute Gasteiger partial charge is 0.493 e. The van der Waals surface area contributed by atoms with Crippen LogP contribution in [0.1, 0.15) is 24.5 Å². The molecular formula is C17H20O. The maximum Gasteiger partial charge on any atom is 0.122 e. The number of hydrogen-bond donors (Lipinski definition) is 0. The van der Waals surface area contributed by atoms with Crippen molar-refractivity contribution < 1.29 is 4.74 Å². The summed E-state index contributed by atoms with van der Waals surface area (Å²) >= 11 is 0. The number of ether oxygens (including phenoxy) is 1. The summed E-state index contributed by atoms with van der Waals surface area (Å²) in [5.41, 5.74) is 5.01. The molecule has 0 amide bonds. The van der Waals surface area contributed by atoms with Crippen LogP contribution in [-0.2, 0) is 0 Å². The van der Waals surface area contributed by atoms with Gasteiger partial charge < -0.3 is 4.74 Å². The van der Waals surface area contributed by atoms with E-state index in [1.165, 1.54) is 22.3 Å². The maximum atomic E-state index is 5.80. The molecule has 0 unspecified atom stereocenters. The van der Waals surface area contributed by atoms with Gasteiger partial charge in [-0.15, -0.1) is 0 Å². The van der Waals surface area contributed by atoms with Gasteiger partial charge in [0, 0.05) is 0 Å². The Kier molecular flexibility index (Phi) is 4.03. The molecule has 0 radical (unpaired) electrons. The van der Waals surface area contributed by atoms with Gasteiger partial charge in [-0.3, -0.25) is 0 Å². The molecule has 0 saturated carbocycles. The Hall–Kier alpha value is -1.76. The van der Waals surface area contributed by atoms with Gasteiger partial charge in [-0.05, 0) is 48.6 Å². The first-order chi connectivity index (χ1) is 8.72. The van der Waals surface area contributed by atoms with Crippen molar-refractivity contribution in [1.29, 1.82) is 0 Å². The minimum atomic E-state index is 0.776. The van der Waals surface area contributed by atoms with Gasteiger partial charge >= 0.3 is 0 Å². The van der Waals surface area contributed by atoms with Crippen LogP contribution in [0.2, 0.25) is 0 Å². The molecule has 2 aromatic carbocycles. The zero-order chi connectivity index (χ0) is 13.0. The highest BCUT2D eigenvalue weighted by Crippen LogP contribution is 2.30. The van der Waals surface area contributed by atoms with E-state index in [1.807, 2.05) is 6.07 Å². The van der Waals surface area contributed by atoms with Gasteiger partial charge in [0.1, 0.15) is 5.75 Å². The molecule has 0 heterocycles. The van der Waals surface area contributed by atoms with Crippen LogP contribution in [0.25, 0.3) is 11.1 Å². The fraction of sp³-hybridized carbons (Fsp3) is 0.294. The van der Waals surface area contributed by atoms with Crippen LogP contribution < -0.4 is 4.74 Å². The van der Waals surface area contributed by atoms with Crippen LogP contribution in [0, 0.1) is 13.8 Å². The second-order valence-electron chi connectivity index (χ2n) is 4.65. The fourth-order valence-corrected chi connectivity index (χ4v) is 2.13. The van der Waals surface area contributed by atoms with Gasteiger partial charge in [0.05, 0.1) is 6.61 Å². The monoisotopic (exact) mass is 240 g/mol. The summed E-state index contributed by atoms with van der Waals surface area (Å²) < 4.78 is 5.80. The molecule has 0 atom stereocenters. The summed E-state index contributed by atoms with van der Waals surface area (Å²) in [7, 11) is 0. The van der Waals surface area contributed by atoms with Crippen molar-refractivity contribution in [1.82, 2.24) is 0 Å².